The highest BCUT2D eigenvalue weighted by molar-refractivity contribution is 5.94. The highest BCUT2D eigenvalue weighted by Crippen LogP contribution is 2.37. The number of aliphatic hydroxyl groups is 1. The van der Waals surface area contributed by atoms with Gasteiger partial charge < -0.3 is 25.1 Å². The molecule has 35 heavy (non-hydrogen) atoms. The van der Waals surface area contributed by atoms with Gasteiger partial charge in [-0.15, -0.1) is 0 Å². The third-order valence-corrected chi connectivity index (χ3v) is 5.60. The molecule has 0 bridgehead atoms. The molecule has 2 N–H and O–H groups in total. The monoisotopic (exact) mass is 494 g/mol. The van der Waals surface area contributed by atoms with Crippen molar-refractivity contribution in [1.29, 1.82) is 0 Å². The zero-order valence-corrected chi connectivity index (χ0v) is 19.2. The van der Waals surface area contributed by atoms with E-state index in [9.17, 15) is 27.2 Å². The van der Waals surface area contributed by atoms with Crippen molar-refractivity contribution in [3.63, 3.8) is 0 Å². The summed E-state index contributed by atoms with van der Waals surface area (Å²) in [7, 11) is 2.94. The molecule has 2 aromatic carbocycles. The Bertz CT molecular complexity index is 1090. The third-order valence-electron chi connectivity index (χ3n) is 5.60. The lowest BCUT2D eigenvalue weighted by atomic mass is 10.1. The van der Waals surface area contributed by atoms with Crippen LogP contribution in [0, 0.1) is 5.82 Å². The second-order valence-corrected chi connectivity index (χ2v) is 8.14. The van der Waals surface area contributed by atoms with E-state index in [0.717, 1.165) is 17.0 Å². The minimum Gasteiger partial charge on any atom is -0.396 e. The van der Waals surface area contributed by atoms with E-state index in [1.165, 1.54) is 55.4 Å². The summed E-state index contributed by atoms with van der Waals surface area (Å²) in [6.45, 7) is 0.122. The molecule has 3 rings (SSSR count). The van der Waals surface area contributed by atoms with E-state index in [2.05, 4.69) is 5.32 Å². The van der Waals surface area contributed by atoms with E-state index < -0.39 is 29.6 Å². The molecule has 188 valence electrons. The molecule has 0 aliphatic carbocycles. The Morgan fingerprint density at radius 1 is 1.17 bits per heavy atom. The standard InChI is InChI=1S/C24H26F4N4O3/c1-30(11-4-12-33)23(35)20-22(31(2)15-34)29-21(17-5-3-6-18(13-17)24(26,27)28)32(20)14-16-7-9-19(25)10-8-16/h3,5-10,13,15,21,29,33H,4,11-12,14H2,1-2H3. The van der Waals surface area contributed by atoms with Gasteiger partial charge in [0, 0.05) is 33.8 Å². The van der Waals surface area contributed by atoms with Crippen molar-refractivity contribution >= 4 is 12.3 Å². The predicted octanol–water partition coefficient (Wildman–Crippen LogP) is 3.05. The van der Waals surface area contributed by atoms with Gasteiger partial charge in [0.15, 0.2) is 0 Å². The molecule has 0 fully saturated rings. The first-order valence-electron chi connectivity index (χ1n) is 10.8. The van der Waals surface area contributed by atoms with Gasteiger partial charge in [0.1, 0.15) is 23.5 Å². The Morgan fingerprint density at radius 2 is 1.86 bits per heavy atom. The first-order valence-corrected chi connectivity index (χ1v) is 10.8. The number of alkyl halides is 3. The van der Waals surface area contributed by atoms with Crippen molar-refractivity contribution in [3.05, 3.63) is 82.6 Å². The van der Waals surface area contributed by atoms with Crippen LogP contribution in [0.2, 0.25) is 0 Å². The summed E-state index contributed by atoms with van der Waals surface area (Å²) < 4.78 is 53.7. The number of nitrogens with one attached hydrogen (secondary N) is 1. The molecule has 2 amide bonds. The van der Waals surface area contributed by atoms with Gasteiger partial charge in [-0.1, -0.05) is 24.3 Å². The summed E-state index contributed by atoms with van der Waals surface area (Å²) in [5.41, 5.74) is 0.0264. The smallest absolute Gasteiger partial charge is 0.396 e. The van der Waals surface area contributed by atoms with Gasteiger partial charge in [0.25, 0.3) is 5.91 Å². The number of amides is 2. The summed E-state index contributed by atoms with van der Waals surface area (Å²) in [5, 5.41) is 12.2. The number of likely N-dealkylation sites (N-methyl/N-ethyl adjacent to an activating group) is 1. The van der Waals surface area contributed by atoms with Crippen LogP contribution < -0.4 is 5.32 Å². The molecular formula is C24H26F4N4O3. The molecule has 0 aromatic heterocycles. The average molecular weight is 494 g/mol. The molecule has 1 aliphatic rings. The lowest BCUT2D eigenvalue weighted by Gasteiger charge is -2.30. The maximum Gasteiger partial charge on any atom is 0.416 e. The average Bonchev–Trinajstić information content (AvgIpc) is 3.21. The van der Waals surface area contributed by atoms with Crippen LogP contribution in [0.5, 0.6) is 0 Å². The zero-order chi connectivity index (χ0) is 25.8. The molecule has 2 aromatic rings. The van der Waals surface area contributed by atoms with Crippen LogP contribution in [-0.2, 0) is 22.3 Å². The first-order chi connectivity index (χ1) is 16.6. The topological polar surface area (TPSA) is 76.1 Å². The number of halogens is 4. The van der Waals surface area contributed by atoms with E-state index >= 15 is 0 Å². The molecule has 1 aliphatic heterocycles. The molecule has 7 nitrogen and oxygen atoms in total. The van der Waals surface area contributed by atoms with Crippen LogP contribution in [0.4, 0.5) is 17.6 Å². The van der Waals surface area contributed by atoms with Gasteiger partial charge in [-0.2, -0.15) is 13.2 Å². The molecule has 0 spiro atoms. The maximum atomic E-state index is 13.5. The van der Waals surface area contributed by atoms with Crippen LogP contribution in [0.3, 0.4) is 0 Å². The SMILES string of the molecule is CN(C=O)C1=C(C(=O)N(C)CCCO)N(Cc2ccc(F)cc2)C(c2cccc(C(F)(F)F)c2)N1. The van der Waals surface area contributed by atoms with Crippen LogP contribution in [0.15, 0.2) is 60.0 Å². The highest BCUT2D eigenvalue weighted by Gasteiger charge is 2.40. The summed E-state index contributed by atoms with van der Waals surface area (Å²) in [4.78, 5) is 29.1. The molecule has 0 saturated carbocycles. The molecule has 0 radical (unpaired) electrons. The Labute approximate surface area is 200 Å². The Kier molecular flexibility index (Phi) is 8.00. The molecule has 11 heteroatoms. The van der Waals surface area contributed by atoms with Crippen molar-refractivity contribution in [2.75, 3.05) is 27.2 Å². The Hall–Kier alpha value is -3.60. The summed E-state index contributed by atoms with van der Waals surface area (Å²) in [5.74, 6) is -0.837. The number of hydrogen-bond donors (Lipinski definition) is 2. The van der Waals surface area contributed by atoms with E-state index in [1.54, 1.807) is 4.90 Å². The molecule has 1 unspecified atom stereocenters. The highest BCUT2D eigenvalue weighted by atomic mass is 19.4. The number of hydrogen-bond acceptors (Lipinski definition) is 5. The fourth-order valence-corrected chi connectivity index (χ4v) is 3.78. The van der Waals surface area contributed by atoms with Crippen LogP contribution in [-0.4, -0.2) is 59.4 Å². The maximum absolute atomic E-state index is 13.5. The zero-order valence-electron chi connectivity index (χ0n) is 19.2. The van der Waals surface area contributed by atoms with Crippen molar-refractivity contribution in [1.82, 2.24) is 20.0 Å². The molecule has 1 heterocycles. The minimum atomic E-state index is -4.57. The van der Waals surface area contributed by atoms with Gasteiger partial charge in [-0.25, -0.2) is 4.39 Å². The molecule has 0 saturated heterocycles. The normalized spacial score (nSPS) is 15.7. The van der Waals surface area contributed by atoms with Crippen molar-refractivity contribution in [3.8, 4) is 0 Å². The van der Waals surface area contributed by atoms with E-state index in [-0.39, 0.29) is 36.8 Å². The number of carbonyl (C=O) groups excluding carboxylic acids is 2. The predicted molar refractivity (Wildman–Crippen MR) is 119 cm³/mol. The number of benzene rings is 2. The molecular weight excluding hydrogens is 468 g/mol. The van der Waals surface area contributed by atoms with Gasteiger partial charge in [-0.3, -0.25) is 9.59 Å². The largest absolute Gasteiger partial charge is 0.416 e. The van der Waals surface area contributed by atoms with E-state index in [4.69, 9.17) is 5.11 Å². The Balaban J connectivity index is 2.11. The summed E-state index contributed by atoms with van der Waals surface area (Å²) in [6, 6.07) is 10.2. The van der Waals surface area contributed by atoms with Gasteiger partial charge in [0.05, 0.1) is 5.56 Å². The number of aliphatic hydroxyl groups excluding tert-OH is 1. The second-order valence-electron chi connectivity index (χ2n) is 8.14. The fourth-order valence-electron chi connectivity index (χ4n) is 3.78. The van der Waals surface area contributed by atoms with E-state index in [1.807, 2.05) is 0 Å². The number of rotatable bonds is 9. The molecule has 1 atom stereocenters. The Morgan fingerprint density at radius 3 is 2.46 bits per heavy atom. The summed E-state index contributed by atoms with van der Waals surface area (Å²) in [6.07, 6.45) is -4.70. The van der Waals surface area contributed by atoms with Gasteiger partial charge in [-0.05, 0) is 41.8 Å². The van der Waals surface area contributed by atoms with Crippen LogP contribution >= 0.6 is 0 Å². The van der Waals surface area contributed by atoms with Crippen molar-refractivity contribution in [2.45, 2.75) is 25.3 Å². The van der Waals surface area contributed by atoms with E-state index in [0.29, 0.717) is 18.4 Å². The van der Waals surface area contributed by atoms with Crippen molar-refractivity contribution in [2.24, 2.45) is 0 Å². The minimum absolute atomic E-state index is 0.0410. The number of carbonyl (C=O) groups is 2. The summed E-state index contributed by atoms with van der Waals surface area (Å²) >= 11 is 0. The lowest BCUT2D eigenvalue weighted by molar-refractivity contribution is -0.137. The number of nitrogens with zero attached hydrogens (tertiary/aromatic N) is 3. The third kappa shape index (κ3) is 5.91. The van der Waals surface area contributed by atoms with Gasteiger partial charge in [0.2, 0.25) is 6.41 Å². The second kappa shape index (κ2) is 10.8. The van der Waals surface area contributed by atoms with Crippen molar-refractivity contribution < 1.29 is 32.3 Å². The van der Waals surface area contributed by atoms with Crippen LogP contribution in [0.25, 0.3) is 0 Å². The van der Waals surface area contributed by atoms with Gasteiger partial charge >= 0.3 is 6.18 Å². The fraction of sp³-hybridized carbons (Fsp3) is 0.333. The first kappa shape index (κ1) is 26.0. The quantitative estimate of drug-likeness (QED) is 0.414. The lowest BCUT2D eigenvalue weighted by Crippen LogP contribution is -2.37. The van der Waals surface area contributed by atoms with Crippen LogP contribution in [0.1, 0.15) is 29.3 Å².